The van der Waals surface area contributed by atoms with Gasteiger partial charge in [-0.2, -0.15) is 0 Å². The van der Waals surface area contributed by atoms with Crippen molar-refractivity contribution in [1.29, 1.82) is 0 Å². The Labute approximate surface area is 124 Å². The van der Waals surface area contributed by atoms with Gasteiger partial charge in [-0.15, -0.1) is 0 Å². The van der Waals surface area contributed by atoms with Crippen molar-refractivity contribution in [3.8, 4) is 0 Å². The van der Waals surface area contributed by atoms with Gasteiger partial charge < -0.3 is 9.80 Å². The van der Waals surface area contributed by atoms with Crippen LogP contribution in [0.5, 0.6) is 0 Å². The number of likely N-dealkylation sites (tertiary alicyclic amines) is 2. The van der Waals surface area contributed by atoms with Crippen LogP contribution in [0.2, 0.25) is 0 Å². The van der Waals surface area contributed by atoms with Crippen molar-refractivity contribution in [2.24, 2.45) is 5.92 Å². The zero-order chi connectivity index (χ0) is 14.7. The molecule has 0 aromatic carbocycles. The van der Waals surface area contributed by atoms with Gasteiger partial charge in [0.1, 0.15) is 0 Å². The van der Waals surface area contributed by atoms with Gasteiger partial charge in [-0.05, 0) is 66.2 Å². The van der Waals surface area contributed by atoms with Gasteiger partial charge in [-0.25, -0.2) is 0 Å². The Morgan fingerprint density at radius 1 is 1.15 bits per heavy atom. The van der Waals surface area contributed by atoms with E-state index < -0.39 is 0 Å². The van der Waals surface area contributed by atoms with Crippen LogP contribution in [0, 0.1) is 5.92 Å². The van der Waals surface area contributed by atoms with E-state index in [2.05, 4.69) is 30.7 Å². The summed E-state index contributed by atoms with van der Waals surface area (Å²) in [6.45, 7) is 8.75. The van der Waals surface area contributed by atoms with E-state index in [4.69, 9.17) is 0 Å². The molecule has 0 bridgehead atoms. The van der Waals surface area contributed by atoms with E-state index in [1.165, 1.54) is 38.9 Å². The molecule has 20 heavy (non-hydrogen) atoms. The molecule has 2 aliphatic rings. The quantitative estimate of drug-likeness (QED) is 0.787. The second-order valence-corrected chi connectivity index (χ2v) is 6.91. The van der Waals surface area contributed by atoms with Crippen molar-refractivity contribution in [2.45, 2.75) is 51.6 Å². The number of hydrogen-bond donors (Lipinski definition) is 0. The molecule has 2 fully saturated rings. The minimum atomic E-state index is 0.218. The Morgan fingerprint density at radius 3 is 2.40 bits per heavy atom. The third-order valence-corrected chi connectivity index (χ3v) is 5.13. The van der Waals surface area contributed by atoms with Crippen molar-refractivity contribution >= 4 is 5.91 Å². The molecule has 2 rings (SSSR count). The van der Waals surface area contributed by atoms with E-state index in [9.17, 15) is 4.79 Å². The van der Waals surface area contributed by atoms with Gasteiger partial charge in [0, 0.05) is 25.7 Å². The number of piperidine rings is 2. The largest absolute Gasteiger partial charge is 0.343 e. The molecular weight excluding hydrogens is 250 g/mol. The highest BCUT2D eigenvalue weighted by Gasteiger charge is 2.32. The molecule has 0 N–H and O–H groups in total. The summed E-state index contributed by atoms with van der Waals surface area (Å²) in [5, 5.41) is 0. The van der Waals surface area contributed by atoms with E-state index in [1.54, 1.807) is 0 Å². The molecule has 1 amide bonds. The molecule has 0 spiro atoms. The first-order valence-corrected chi connectivity index (χ1v) is 8.18. The predicted molar refractivity (Wildman–Crippen MR) is 82.7 cm³/mol. The van der Waals surface area contributed by atoms with Crippen LogP contribution in [0.25, 0.3) is 0 Å². The predicted octanol–water partition coefficient (Wildman–Crippen LogP) is 1.66. The maximum atomic E-state index is 12.5. The van der Waals surface area contributed by atoms with Gasteiger partial charge in [0.05, 0.1) is 5.92 Å². The Kier molecular flexibility index (Phi) is 5.44. The Hall–Kier alpha value is -0.610. The highest BCUT2D eigenvalue weighted by atomic mass is 16.2. The topological polar surface area (TPSA) is 26.8 Å². The van der Waals surface area contributed by atoms with E-state index in [0.717, 1.165) is 13.0 Å². The SMILES string of the molecule is CC(C)N(C)C(=O)[C@H]1CCCN(C2CCN(C)CC2)C1. The summed E-state index contributed by atoms with van der Waals surface area (Å²) in [5.74, 6) is 0.563. The summed E-state index contributed by atoms with van der Waals surface area (Å²) in [7, 11) is 4.15. The van der Waals surface area contributed by atoms with Crippen molar-refractivity contribution in [3.05, 3.63) is 0 Å². The molecule has 116 valence electrons. The average Bonchev–Trinajstić information content (AvgIpc) is 2.46. The number of nitrogens with zero attached hydrogens (tertiary/aromatic N) is 3. The molecule has 0 saturated carbocycles. The van der Waals surface area contributed by atoms with Crippen molar-refractivity contribution < 1.29 is 4.79 Å². The number of hydrogen-bond acceptors (Lipinski definition) is 3. The highest BCUT2D eigenvalue weighted by Crippen LogP contribution is 2.24. The van der Waals surface area contributed by atoms with E-state index >= 15 is 0 Å². The van der Waals surface area contributed by atoms with Gasteiger partial charge in [-0.3, -0.25) is 9.69 Å². The van der Waals surface area contributed by atoms with Crippen LogP contribution >= 0.6 is 0 Å². The molecule has 2 heterocycles. The fourth-order valence-electron chi connectivity index (χ4n) is 3.44. The molecule has 0 radical (unpaired) electrons. The average molecular weight is 281 g/mol. The maximum absolute atomic E-state index is 12.5. The molecule has 0 aromatic rings. The van der Waals surface area contributed by atoms with Gasteiger partial charge >= 0.3 is 0 Å². The van der Waals surface area contributed by atoms with Crippen LogP contribution < -0.4 is 0 Å². The number of rotatable bonds is 3. The van der Waals surface area contributed by atoms with Crippen LogP contribution in [0.1, 0.15) is 39.5 Å². The van der Waals surface area contributed by atoms with Crippen LogP contribution in [-0.4, -0.2) is 73.0 Å². The molecule has 2 saturated heterocycles. The van der Waals surface area contributed by atoms with Crippen molar-refractivity contribution in [1.82, 2.24) is 14.7 Å². The molecule has 0 aliphatic carbocycles. The lowest BCUT2D eigenvalue weighted by Crippen LogP contribution is -2.51. The molecule has 4 heteroatoms. The van der Waals surface area contributed by atoms with Crippen LogP contribution in [0.3, 0.4) is 0 Å². The van der Waals surface area contributed by atoms with Crippen LogP contribution in [0.15, 0.2) is 0 Å². The van der Waals surface area contributed by atoms with Crippen LogP contribution in [-0.2, 0) is 4.79 Å². The van der Waals surface area contributed by atoms with E-state index in [0.29, 0.717) is 18.0 Å². The third-order valence-electron chi connectivity index (χ3n) is 5.13. The molecule has 0 unspecified atom stereocenters. The second kappa shape index (κ2) is 6.90. The second-order valence-electron chi connectivity index (χ2n) is 6.91. The Bertz CT molecular complexity index is 324. The number of amides is 1. The molecule has 2 aliphatic heterocycles. The summed E-state index contributed by atoms with van der Waals surface area (Å²) < 4.78 is 0. The third kappa shape index (κ3) is 3.73. The lowest BCUT2D eigenvalue weighted by atomic mass is 9.93. The Morgan fingerprint density at radius 2 is 1.80 bits per heavy atom. The fraction of sp³-hybridized carbons (Fsp3) is 0.938. The smallest absolute Gasteiger partial charge is 0.226 e. The van der Waals surface area contributed by atoms with Gasteiger partial charge in [0.15, 0.2) is 0 Å². The molecule has 4 nitrogen and oxygen atoms in total. The highest BCUT2D eigenvalue weighted by molar-refractivity contribution is 5.79. The first-order valence-electron chi connectivity index (χ1n) is 8.18. The van der Waals surface area contributed by atoms with Gasteiger partial charge in [-0.1, -0.05) is 0 Å². The standard InChI is InChI=1S/C16H31N3O/c1-13(2)18(4)16(20)14-6-5-9-19(12-14)15-7-10-17(3)11-8-15/h13-15H,5-12H2,1-4H3/t14-/m0/s1. The zero-order valence-corrected chi connectivity index (χ0v) is 13.6. The van der Waals surface area contributed by atoms with Crippen molar-refractivity contribution in [2.75, 3.05) is 40.3 Å². The van der Waals surface area contributed by atoms with Crippen LogP contribution in [0.4, 0.5) is 0 Å². The van der Waals surface area contributed by atoms with Gasteiger partial charge in [0.2, 0.25) is 5.91 Å². The maximum Gasteiger partial charge on any atom is 0.226 e. The first-order chi connectivity index (χ1) is 9.49. The lowest BCUT2D eigenvalue weighted by Gasteiger charge is -2.42. The summed E-state index contributed by atoms with van der Waals surface area (Å²) in [5.41, 5.74) is 0. The summed E-state index contributed by atoms with van der Waals surface area (Å²) in [6.07, 6.45) is 4.77. The molecule has 0 aromatic heterocycles. The number of carbonyl (C=O) groups excluding carboxylic acids is 1. The normalized spacial score (nSPS) is 26.9. The van der Waals surface area contributed by atoms with Gasteiger partial charge in [0.25, 0.3) is 0 Å². The molecular formula is C16H31N3O. The minimum absolute atomic E-state index is 0.218. The summed E-state index contributed by atoms with van der Waals surface area (Å²) in [4.78, 5) is 19.4. The molecule has 1 atom stereocenters. The summed E-state index contributed by atoms with van der Waals surface area (Å²) in [6, 6.07) is 1.01. The first kappa shape index (κ1) is 15.8. The minimum Gasteiger partial charge on any atom is -0.343 e. The Balaban J connectivity index is 1.90. The van der Waals surface area contributed by atoms with Crippen molar-refractivity contribution in [3.63, 3.8) is 0 Å². The fourth-order valence-corrected chi connectivity index (χ4v) is 3.44. The van der Waals surface area contributed by atoms with E-state index in [1.807, 2.05) is 11.9 Å². The van der Waals surface area contributed by atoms with E-state index in [-0.39, 0.29) is 5.92 Å². The summed E-state index contributed by atoms with van der Waals surface area (Å²) >= 11 is 0. The number of carbonyl (C=O) groups is 1. The zero-order valence-electron chi connectivity index (χ0n) is 13.6. The lowest BCUT2D eigenvalue weighted by molar-refractivity contribution is -0.138. The monoisotopic (exact) mass is 281 g/mol.